The van der Waals surface area contributed by atoms with Gasteiger partial charge in [0.05, 0.1) is 18.2 Å². The van der Waals surface area contributed by atoms with E-state index in [0.29, 0.717) is 38.0 Å². The second-order valence-corrected chi connectivity index (χ2v) is 15.0. The molecule has 10 nitrogen and oxygen atoms in total. The second kappa shape index (κ2) is 14.1. The highest BCUT2D eigenvalue weighted by Gasteiger charge is 2.47. The number of aryl methyl sites for hydroxylation is 1. The van der Waals surface area contributed by atoms with Gasteiger partial charge in [0, 0.05) is 50.8 Å². The Labute approximate surface area is 278 Å². The molecule has 244 valence electrons. The van der Waals surface area contributed by atoms with E-state index in [1.807, 2.05) is 54.6 Å². The monoisotopic (exact) mass is 673 g/mol. The fourth-order valence-corrected chi connectivity index (χ4v) is 8.54. The van der Waals surface area contributed by atoms with Gasteiger partial charge in [-0.2, -0.15) is 0 Å². The highest BCUT2D eigenvalue weighted by Crippen LogP contribution is 2.57. The van der Waals surface area contributed by atoms with Gasteiger partial charge in [0.15, 0.2) is 6.23 Å². The highest BCUT2D eigenvalue weighted by molar-refractivity contribution is 7.83. The average Bonchev–Trinajstić information content (AvgIpc) is 3.11. The van der Waals surface area contributed by atoms with E-state index in [1.165, 1.54) is 10.8 Å². The first-order valence-corrected chi connectivity index (χ1v) is 18.2. The highest BCUT2D eigenvalue weighted by atomic mass is 35.7. The van der Waals surface area contributed by atoms with Crippen molar-refractivity contribution in [2.75, 3.05) is 32.8 Å². The molecular formula is C35H37ClN5O5P. The molecule has 3 unspecified atom stereocenters. The molecule has 1 N–H and O–H groups in total. The van der Waals surface area contributed by atoms with Crippen LogP contribution in [-0.4, -0.2) is 64.1 Å². The van der Waals surface area contributed by atoms with E-state index in [4.69, 9.17) is 27.1 Å². The van der Waals surface area contributed by atoms with Crippen LogP contribution in [0.15, 0.2) is 107 Å². The Morgan fingerprint density at radius 2 is 1.47 bits per heavy atom. The molecule has 2 saturated heterocycles. The molecule has 4 aromatic rings. The first kappa shape index (κ1) is 33.1. The molecule has 2 fully saturated rings. The first-order valence-electron chi connectivity index (χ1n) is 15.7. The molecule has 0 aliphatic carbocycles. The van der Waals surface area contributed by atoms with Gasteiger partial charge in [-0.3, -0.25) is 23.8 Å². The third kappa shape index (κ3) is 6.79. The molecular weight excluding hydrogens is 637 g/mol. The van der Waals surface area contributed by atoms with Crippen molar-refractivity contribution in [1.82, 2.24) is 19.1 Å². The number of aromatic nitrogens is 2. The van der Waals surface area contributed by atoms with Crippen molar-refractivity contribution in [3.05, 3.63) is 152 Å². The van der Waals surface area contributed by atoms with Crippen LogP contribution in [-0.2, 0) is 19.4 Å². The Hall–Kier alpha value is -3.81. The minimum absolute atomic E-state index is 0.109. The molecule has 1 aromatic heterocycles. The molecule has 3 aromatic carbocycles. The third-order valence-corrected chi connectivity index (χ3v) is 11.5. The molecule has 0 saturated carbocycles. The van der Waals surface area contributed by atoms with Gasteiger partial charge in [0.25, 0.3) is 5.56 Å². The number of halogens is 1. The summed E-state index contributed by atoms with van der Waals surface area (Å²) in [6.07, 6.45) is 1.15. The molecule has 3 heterocycles. The predicted octanol–water partition coefficient (Wildman–Crippen LogP) is 5.78. The number of nitrogens with one attached hydrogen (secondary N) is 1. The van der Waals surface area contributed by atoms with Crippen LogP contribution < -0.4 is 11.2 Å². The fraction of sp³-hybridized carbons (Fsp3) is 0.343. The van der Waals surface area contributed by atoms with Crippen LogP contribution >= 0.6 is 18.1 Å². The molecule has 0 radical (unpaired) electrons. The van der Waals surface area contributed by atoms with Gasteiger partial charge < -0.3 is 14.1 Å². The predicted molar refractivity (Wildman–Crippen MR) is 181 cm³/mol. The largest absolute Gasteiger partial charge is 0.363 e. The standard InChI is InChI=1S/C35H37ClN5O5P/c1-26-22-41(34(43)38-33(26)42)32-24-39(23-31(46-32)25-45-47(36,44)40-20-18-30(37-2)19-21-40)35(27-12-6-3-7-13-27,28-14-8-4-9-15-28)29-16-10-5-11-17-29/h3-17,22,30-32H,18-21,23-25H2,1H3,(H,38,42,43). The van der Waals surface area contributed by atoms with E-state index >= 15 is 0 Å². The van der Waals surface area contributed by atoms with Crippen LogP contribution in [0, 0.1) is 13.5 Å². The zero-order valence-electron chi connectivity index (χ0n) is 26.1. The molecule has 2 aliphatic heterocycles. The average molecular weight is 674 g/mol. The summed E-state index contributed by atoms with van der Waals surface area (Å²) >= 11 is 6.57. The van der Waals surface area contributed by atoms with Crippen molar-refractivity contribution in [1.29, 1.82) is 0 Å². The Balaban J connectivity index is 1.44. The Kier molecular flexibility index (Phi) is 9.95. The van der Waals surface area contributed by atoms with Crippen molar-refractivity contribution < 1.29 is 13.8 Å². The molecule has 6 rings (SSSR count). The number of nitrogens with zero attached hydrogens (tertiary/aromatic N) is 4. The number of hydrogen-bond acceptors (Lipinski definition) is 6. The summed E-state index contributed by atoms with van der Waals surface area (Å²) < 4.78 is 29.2. The van der Waals surface area contributed by atoms with E-state index in [-0.39, 0.29) is 19.2 Å². The number of piperidine rings is 1. The topological polar surface area (TPSA) is 101 Å². The van der Waals surface area contributed by atoms with E-state index < -0.39 is 36.0 Å². The number of benzene rings is 3. The number of hydrogen-bond donors (Lipinski definition) is 1. The summed E-state index contributed by atoms with van der Waals surface area (Å²) in [5.41, 5.74) is 1.50. The number of ether oxygens (including phenoxy) is 1. The lowest BCUT2D eigenvalue weighted by Gasteiger charge is -2.50. The fourth-order valence-electron chi connectivity index (χ4n) is 6.70. The zero-order valence-corrected chi connectivity index (χ0v) is 27.7. The molecule has 0 bridgehead atoms. The van der Waals surface area contributed by atoms with Gasteiger partial charge in [-0.15, -0.1) is 0 Å². The van der Waals surface area contributed by atoms with Gasteiger partial charge in [0.1, 0.15) is 0 Å². The van der Waals surface area contributed by atoms with Crippen LogP contribution in [0.3, 0.4) is 0 Å². The van der Waals surface area contributed by atoms with E-state index in [0.717, 1.165) is 16.7 Å². The SMILES string of the molecule is [C-]#[N+]C1CCN(P(=O)(Cl)OCC2CN(C(c3ccccc3)(c3ccccc3)c3ccccc3)CC(n3cc(C)c(=O)[nH]c3=O)O2)CC1. The maximum Gasteiger partial charge on any atom is 0.363 e. The van der Waals surface area contributed by atoms with E-state index in [9.17, 15) is 14.2 Å². The maximum absolute atomic E-state index is 13.7. The van der Waals surface area contributed by atoms with Gasteiger partial charge >= 0.3 is 12.6 Å². The smallest absolute Gasteiger partial charge is 0.350 e. The summed E-state index contributed by atoms with van der Waals surface area (Å²) in [4.78, 5) is 33.8. The van der Waals surface area contributed by atoms with Crippen LogP contribution in [0.1, 0.15) is 41.3 Å². The van der Waals surface area contributed by atoms with Crippen molar-refractivity contribution >= 4 is 18.1 Å². The van der Waals surface area contributed by atoms with Gasteiger partial charge in [0.2, 0.25) is 6.04 Å². The van der Waals surface area contributed by atoms with Crippen LogP contribution in [0.5, 0.6) is 0 Å². The summed E-state index contributed by atoms with van der Waals surface area (Å²) in [6.45, 7) is 6.53. The number of H-pyrrole nitrogens is 1. The van der Waals surface area contributed by atoms with Crippen LogP contribution in [0.4, 0.5) is 0 Å². The zero-order chi connectivity index (χ0) is 33.0. The number of morpholine rings is 1. The Bertz CT molecular complexity index is 1780. The lowest BCUT2D eigenvalue weighted by molar-refractivity contribution is -0.148. The molecule has 0 amide bonds. The lowest BCUT2D eigenvalue weighted by Crippen LogP contribution is -2.58. The van der Waals surface area contributed by atoms with Crippen molar-refractivity contribution in [3.63, 3.8) is 0 Å². The molecule has 2 aliphatic rings. The number of aromatic amines is 1. The summed E-state index contributed by atoms with van der Waals surface area (Å²) in [5, 5.41) is 0. The van der Waals surface area contributed by atoms with Crippen LogP contribution in [0.2, 0.25) is 0 Å². The van der Waals surface area contributed by atoms with Gasteiger partial charge in [-0.25, -0.2) is 16.0 Å². The molecule has 47 heavy (non-hydrogen) atoms. The first-order chi connectivity index (χ1) is 22.7. The van der Waals surface area contributed by atoms with E-state index in [2.05, 4.69) is 51.1 Å². The van der Waals surface area contributed by atoms with Gasteiger partial charge in [-0.1, -0.05) is 91.0 Å². The summed E-state index contributed by atoms with van der Waals surface area (Å²) in [5.74, 6) is 0. The third-order valence-electron chi connectivity index (χ3n) is 9.04. The molecule has 0 spiro atoms. The maximum atomic E-state index is 13.7. The van der Waals surface area contributed by atoms with Crippen LogP contribution in [0.25, 0.3) is 4.85 Å². The molecule has 12 heteroatoms. The Morgan fingerprint density at radius 3 is 1.98 bits per heavy atom. The van der Waals surface area contributed by atoms with Crippen molar-refractivity contribution in [2.24, 2.45) is 0 Å². The molecule has 3 atom stereocenters. The summed E-state index contributed by atoms with van der Waals surface area (Å²) in [6, 6.07) is 30.4. The second-order valence-electron chi connectivity index (χ2n) is 12.0. The Morgan fingerprint density at radius 1 is 0.936 bits per heavy atom. The quantitative estimate of drug-likeness (QED) is 0.137. The van der Waals surface area contributed by atoms with Gasteiger partial charge in [-0.05, 0) is 34.9 Å². The van der Waals surface area contributed by atoms with Crippen molar-refractivity contribution in [2.45, 2.75) is 43.7 Å². The minimum Gasteiger partial charge on any atom is -0.350 e. The van der Waals surface area contributed by atoms with Crippen molar-refractivity contribution in [3.8, 4) is 0 Å². The lowest BCUT2D eigenvalue weighted by atomic mass is 9.75. The van der Waals surface area contributed by atoms with E-state index in [1.54, 1.807) is 11.6 Å². The minimum atomic E-state index is -3.73. The number of rotatable bonds is 9. The normalized spacial score (nSPS) is 21.1. The summed E-state index contributed by atoms with van der Waals surface area (Å²) in [7, 11) is 0.